The van der Waals surface area contributed by atoms with Crippen LogP contribution in [0.25, 0.3) is 11.1 Å². The molecule has 1 nitrogen and oxygen atoms in total. The van der Waals surface area contributed by atoms with Crippen LogP contribution in [-0.2, 0) is 0 Å². The monoisotopic (exact) mass is 228 g/mol. The van der Waals surface area contributed by atoms with Gasteiger partial charge >= 0.3 is 0 Å². The van der Waals surface area contributed by atoms with E-state index in [4.69, 9.17) is 0 Å². The molecule has 0 fully saturated rings. The van der Waals surface area contributed by atoms with Crippen LogP contribution in [0.15, 0.2) is 36.4 Å². The first-order valence-corrected chi connectivity index (χ1v) is 5.44. The second-order valence-corrected chi connectivity index (χ2v) is 4.17. The predicted molar refractivity (Wildman–Crippen MR) is 66.7 cm³/mol. The lowest BCUT2D eigenvalue weighted by Gasteiger charge is -2.09. The number of carbonyl (C=O) groups is 1. The van der Waals surface area contributed by atoms with Gasteiger partial charge in [0, 0.05) is 5.56 Å². The second-order valence-electron chi connectivity index (χ2n) is 4.17. The Morgan fingerprint density at radius 2 is 1.71 bits per heavy atom. The van der Waals surface area contributed by atoms with Crippen molar-refractivity contribution in [3.05, 3.63) is 58.9 Å². The fourth-order valence-electron chi connectivity index (χ4n) is 2.00. The van der Waals surface area contributed by atoms with Gasteiger partial charge in [-0.25, -0.2) is 4.39 Å². The summed E-state index contributed by atoms with van der Waals surface area (Å²) in [6.45, 7) is 3.89. The standard InChI is InChI=1S/C15H13FO/c1-10-7-11(2)15(9-17)14(8-10)12-3-5-13(16)6-4-12/h3-9H,1-2H3. The van der Waals surface area contributed by atoms with E-state index in [2.05, 4.69) is 0 Å². The fraction of sp³-hybridized carbons (Fsp3) is 0.133. The number of benzene rings is 2. The number of aldehydes is 1. The van der Waals surface area contributed by atoms with E-state index < -0.39 is 0 Å². The van der Waals surface area contributed by atoms with Gasteiger partial charge in [-0.1, -0.05) is 29.8 Å². The Labute approximate surface area is 99.9 Å². The van der Waals surface area contributed by atoms with Crippen LogP contribution < -0.4 is 0 Å². The topological polar surface area (TPSA) is 17.1 Å². The lowest BCUT2D eigenvalue weighted by Crippen LogP contribution is -1.93. The van der Waals surface area contributed by atoms with Gasteiger partial charge in [-0.3, -0.25) is 4.79 Å². The van der Waals surface area contributed by atoms with Crippen molar-refractivity contribution in [1.29, 1.82) is 0 Å². The smallest absolute Gasteiger partial charge is 0.150 e. The van der Waals surface area contributed by atoms with Crippen LogP contribution in [0.1, 0.15) is 21.5 Å². The van der Waals surface area contributed by atoms with Crippen molar-refractivity contribution < 1.29 is 9.18 Å². The maximum absolute atomic E-state index is 12.9. The number of halogens is 1. The van der Waals surface area contributed by atoms with E-state index in [1.807, 2.05) is 26.0 Å². The van der Waals surface area contributed by atoms with Gasteiger partial charge in [0.15, 0.2) is 6.29 Å². The van der Waals surface area contributed by atoms with Gasteiger partial charge in [-0.05, 0) is 42.7 Å². The summed E-state index contributed by atoms with van der Waals surface area (Å²) in [5, 5.41) is 0. The minimum atomic E-state index is -0.272. The molecule has 0 spiro atoms. The number of rotatable bonds is 2. The molecule has 0 aliphatic rings. The molecule has 0 radical (unpaired) electrons. The molecular weight excluding hydrogens is 215 g/mol. The van der Waals surface area contributed by atoms with Crippen LogP contribution in [0.3, 0.4) is 0 Å². The number of aryl methyl sites for hydroxylation is 2. The van der Waals surface area contributed by atoms with Crippen molar-refractivity contribution in [3.63, 3.8) is 0 Å². The van der Waals surface area contributed by atoms with Gasteiger partial charge < -0.3 is 0 Å². The third kappa shape index (κ3) is 2.26. The van der Waals surface area contributed by atoms with Crippen LogP contribution in [0.5, 0.6) is 0 Å². The van der Waals surface area contributed by atoms with Gasteiger partial charge in [-0.15, -0.1) is 0 Å². The van der Waals surface area contributed by atoms with Gasteiger partial charge in [0.25, 0.3) is 0 Å². The molecule has 0 atom stereocenters. The van der Waals surface area contributed by atoms with Crippen LogP contribution in [0.4, 0.5) is 4.39 Å². The zero-order chi connectivity index (χ0) is 12.4. The SMILES string of the molecule is Cc1cc(C)c(C=O)c(-c2ccc(F)cc2)c1. The normalized spacial score (nSPS) is 10.3. The highest BCUT2D eigenvalue weighted by Crippen LogP contribution is 2.26. The minimum absolute atomic E-state index is 0.272. The quantitative estimate of drug-likeness (QED) is 0.712. The molecule has 0 bridgehead atoms. The molecule has 0 aliphatic heterocycles. The summed E-state index contributed by atoms with van der Waals surface area (Å²) >= 11 is 0. The van der Waals surface area contributed by atoms with Crippen molar-refractivity contribution in [1.82, 2.24) is 0 Å². The van der Waals surface area contributed by atoms with E-state index in [0.29, 0.717) is 5.56 Å². The van der Waals surface area contributed by atoms with Crippen molar-refractivity contribution in [3.8, 4) is 11.1 Å². The van der Waals surface area contributed by atoms with Crippen LogP contribution in [0, 0.1) is 19.7 Å². The highest BCUT2D eigenvalue weighted by atomic mass is 19.1. The van der Waals surface area contributed by atoms with Gasteiger partial charge in [0.05, 0.1) is 0 Å². The molecule has 0 amide bonds. The van der Waals surface area contributed by atoms with Crippen molar-refractivity contribution in [2.75, 3.05) is 0 Å². The third-order valence-corrected chi connectivity index (χ3v) is 2.80. The Kier molecular flexibility index (Phi) is 3.05. The highest BCUT2D eigenvalue weighted by molar-refractivity contribution is 5.89. The van der Waals surface area contributed by atoms with Crippen LogP contribution in [0.2, 0.25) is 0 Å². The Bertz CT molecular complexity index is 556. The third-order valence-electron chi connectivity index (χ3n) is 2.80. The molecule has 17 heavy (non-hydrogen) atoms. The zero-order valence-electron chi connectivity index (χ0n) is 9.83. The molecule has 2 rings (SSSR count). The van der Waals surface area contributed by atoms with Crippen molar-refractivity contribution in [2.45, 2.75) is 13.8 Å². The second kappa shape index (κ2) is 4.50. The average molecular weight is 228 g/mol. The van der Waals surface area contributed by atoms with Crippen molar-refractivity contribution >= 4 is 6.29 Å². The van der Waals surface area contributed by atoms with Gasteiger partial charge in [0.1, 0.15) is 5.82 Å². The summed E-state index contributed by atoms with van der Waals surface area (Å²) in [6.07, 6.45) is 0.855. The number of carbonyl (C=O) groups excluding carboxylic acids is 1. The van der Waals surface area contributed by atoms with Crippen LogP contribution in [-0.4, -0.2) is 6.29 Å². The molecule has 0 saturated carbocycles. The average Bonchev–Trinajstić information content (AvgIpc) is 2.29. The fourth-order valence-corrected chi connectivity index (χ4v) is 2.00. The van der Waals surface area contributed by atoms with Gasteiger partial charge in [0.2, 0.25) is 0 Å². The van der Waals surface area contributed by atoms with E-state index in [9.17, 15) is 9.18 Å². The van der Waals surface area contributed by atoms with Crippen LogP contribution >= 0.6 is 0 Å². The van der Waals surface area contributed by atoms with E-state index in [-0.39, 0.29) is 5.82 Å². The molecule has 0 aliphatic carbocycles. The first-order valence-electron chi connectivity index (χ1n) is 5.44. The molecule has 0 aromatic heterocycles. The van der Waals surface area contributed by atoms with Gasteiger partial charge in [-0.2, -0.15) is 0 Å². The van der Waals surface area contributed by atoms with E-state index in [0.717, 1.165) is 28.5 Å². The summed E-state index contributed by atoms with van der Waals surface area (Å²) in [5.41, 5.74) is 4.42. The summed E-state index contributed by atoms with van der Waals surface area (Å²) < 4.78 is 12.9. The minimum Gasteiger partial charge on any atom is -0.298 e. The van der Waals surface area contributed by atoms with Crippen molar-refractivity contribution in [2.24, 2.45) is 0 Å². The molecule has 86 valence electrons. The summed E-state index contributed by atoms with van der Waals surface area (Å²) in [4.78, 5) is 11.1. The Hall–Kier alpha value is -1.96. The largest absolute Gasteiger partial charge is 0.298 e. The zero-order valence-corrected chi connectivity index (χ0v) is 9.83. The lowest BCUT2D eigenvalue weighted by atomic mass is 9.94. The molecule has 2 heteroatoms. The molecule has 2 aromatic carbocycles. The maximum atomic E-state index is 12.9. The Balaban J connectivity index is 2.65. The lowest BCUT2D eigenvalue weighted by molar-refractivity contribution is 0.112. The molecule has 0 unspecified atom stereocenters. The van der Waals surface area contributed by atoms with E-state index in [1.54, 1.807) is 12.1 Å². The summed E-state index contributed by atoms with van der Waals surface area (Å²) in [6, 6.07) is 10.1. The first-order chi connectivity index (χ1) is 8.11. The summed E-state index contributed by atoms with van der Waals surface area (Å²) in [5.74, 6) is -0.272. The molecule has 2 aromatic rings. The molecular formula is C15H13FO. The molecule has 0 heterocycles. The maximum Gasteiger partial charge on any atom is 0.150 e. The van der Waals surface area contributed by atoms with E-state index in [1.165, 1.54) is 12.1 Å². The Morgan fingerprint density at radius 3 is 2.29 bits per heavy atom. The highest BCUT2D eigenvalue weighted by Gasteiger charge is 2.08. The number of hydrogen-bond donors (Lipinski definition) is 0. The first kappa shape index (κ1) is 11.5. The molecule has 0 saturated heterocycles. The molecule has 0 N–H and O–H groups in total. The Morgan fingerprint density at radius 1 is 1.06 bits per heavy atom. The van der Waals surface area contributed by atoms with E-state index >= 15 is 0 Å². The number of hydrogen-bond acceptors (Lipinski definition) is 1. The predicted octanol–water partition coefficient (Wildman–Crippen LogP) is 3.92. The summed E-state index contributed by atoms with van der Waals surface area (Å²) in [7, 11) is 0.